The summed E-state index contributed by atoms with van der Waals surface area (Å²) in [4.78, 5) is 0. The lowest BCUT2D eigenvalue weighted by atomic mass is 9.82. The fraction of sp³-hybridized carbons (Fsp3) is 0.412. The Morgan fingerprint density at radius 3 is 2.71 bits per heavy atom. The summed E-state index contributed by atoms with van der Waals surface area (Å²) >= 11 is 0. The highest BCUT2D eigenvalue weighted by Gasteiger charge is 2.16. The van der Waals surface area contributed by atoms with E-state index in [1.807, 2.05) is 0 Å². The third-order valence-corrected chi connectivity index (χ3v) is 3.67. The predicted octanol–water partition coefficient (Wildman–Crippen LogP) is 4.78. The van der Waals surface area contributed by atoms with Crippen molar-refractivity contribution in [1.82, 2.24) is 0 Å². The van der Waals surface area contributed by atoms with E-state index in [4.69, 9.17) is 0 Å². The molecule has 0 spiro atoms. The Kier molecular flexibility index (Phi) is 4.19. The van der Waals surface area contributed by atoms with Crippen molar-refractivity contribution in [3.63, 3.8) is 0 Å². The third kappa shape index (κ3) is 3.59. The maximum Gasteiger partial charge on any atom is -0.00973 e. The molecule has 2 rings (SSSR count). The Morgan fingerprint density at radius 1 is 1.24 bits per heavy atom. The molecule has 1 aromatic carbocycles. The van der Waals surface area contributed by atoms with Gasteiger partial charge in [0.25, 0.3) is 0 Å². The molecule has 0 N–H and O–H groups in total. The number of hydrogen-bond acceptors (Lipinski definition) is 0. The van der Waals surface area contributed by atoms with E-state index < -0.39 is 0 Å². The van der Waals surface area contributed by atoms with Gasteiger partial charge in [0.2, 0.25) is 0 Å². The Hall–Kier alpha value is -1.30. The van der Waals surface area contributed by atoms with Crippen LogP contribution in [0.4, 0.5) is 0 Å². The second-order valence-corrected chi connectivity index (χ2v) is 5.19. The molecule has 2 atom stereocenters. The lowest BCUT2D eigenvalue weighted by molar-refractivity contribution is 0.448. The first kappa shape index (κ1) is 12.2. The summed E-state index contributed by atoms with van der Waals surface area (Å²) in [6, 6.07) is 10.7. The van der Waals surface area contributed by atoms with Crippen LogP contribution >= 0.6 is 0 Å². The minimum Gasteiger partial charge on any atom is -0.0845 e. The van der Waals surface area contributed by atoms with Crippen LogP contribution in [0.5, 0.6) is 0 Å². The molecule has 0 heteroatoms. The SMILES string of the molecule is CC1=CC(C)C(C=CCc2ccccc2)CC1. The molecule has 0 bridgehead atoms. The van der Waals surface area contributed by atoms with Crippen LogP contribution in [-0.2, 0) is 6.42 Å². The van der Waals surface area contributed by atoms with Gasteiger partial charge >= 0.3 is 0 Å². The maximum absolute atomic E-state index is 2.43. The van der Waals surface area contributed by atoms with Crippen molar-refractivity contribution in [2.75, 3.05) is 0 Å². The van der Waals surface area contributed by atoms with Gasteiger partial charge in [-0.3, -0.25) is 0 Å². The summed E-state index contributed by atoms with van der Waals surface area (Å²) in [5, 5.41) is 0. The molecule has 1 aromatic rings. The molecule has 0 fully saturated rings. The molecule has 1 aliphatic carbocycles. The molecular formula is C17H22. The first-order chi connectivity index (χ1) is 8.25. The Bertz CT molecular complexity index is 397. The van der Waals surface area contributed by atoms with Crippen LogP contribution in [0.15, 0.2) is 54.1 Å². The molecule has 0 nitrogen and oxygen atoms in total. The predicted molar refractivity (Wildman–Crippen MR) is 74.9 cm³/mol. The van der Waals surface area contributed by atoms with Gasteiger partial charge in [0.1, 0.15) is 0 Å². The second kappa shape index (κ2) is 5.86. The van der Waals surface area contributed by atoms with E-state index in [0.717, 1.165) is 12.3 Å². The number of hydrogen-bond donors (Lipinski definition) is 0. The molecule has 2 unspecified atom stereocenters. The normalized spacial score (nSPS) is 24.9. The van der Waals surface area contributed by atoms with Crippen molar-refractivity contribution in [3.05, 3.63) is 59.7 Å². The molecule has 17 heavy (non-hydrogen) atoms. The molecule has 90 valence electrons. The van der Waals surface area contributed by atoms with E-state index in [9.17, 15) is 0 Å². The largest absolute Gasteiger partial charge is 0.0845 e. The van der Waals surface area contributed by atoms with Crippen molar-refractivity contribution in [3.8, 4) is 0 Å². The molecule has 0 saturated heterocycles. The highest BCUT2D eigenvalue weighted by molar-refractivity contribution is 5.18. The summed E-state index contributed by atoms with van der Waals surface area (Å²) in [7, 11) is 0. The van der Waals surface area contributed by atoms with Gasteiger partial charge in [-0.1, -0.05) is 61.1 Å². The van der Waals surface area contributed by atoms with Gasteiger partial charge in [0.15, 0.2) is 0 Å². The van der Waals surface area contributed by atoms with Crippen molar-refractivity contribution >= 4 is 0 Å². The van der Waals surface area contributed by atoms with Crippen LogP contribution in [0, 0.1) is 11.8 Å². The van der Waals surface area contributed by atoms with Crippen LogP contribution in [0.1, 0.15) is 32.3 Å². The second-order valence-electron chi connectivity index (χ2n) is 5.19. The van der Waals surface area contributed by atoms with Gasteiger partial charge in [-0.25, -0.2) is 0 Å². The van der Waals surface area contributed by atoms with Gasteiger partial charge in [-0.15, -0.1) is 0 Å². The van der Waals surface area contributed by atoms with Crippen molar-refractivity contribution in [2.24, 2.45) is 11.8 Å². The fourth-order valence-electron chi connectivity index (χ4n) is 2.58. The van der Waals surface area contributed by atoms with Crippen LogP contribution < -0.4 is 0 Å². The zero-order valence-electron chi connectivity index (χ0n) is 10.9. The van der Waals surface area contributed by atoms with Crippen molar-refractivity contribution in [2.45, 2.75) is 33.1 Å². The van der Waals surface area contributed by atoms with Crippen LogP contribution in [0.2, 0.25) is 0 Å². The summed E-state index contributed by atoms with van der Waals surface area (Å²) in [6.07, 6.45) is 10.8. The summed E-state index contributed by atoms with van der Waals surface area (Å²) in [6.45, 7) is 4.58. The van der Waals surface area contributed by atoms with Crippen LogP contribution in [0.25, 0.3) is 0 Å². The van der Waals surface area contributed by atoms with E-state index in [0.29, 0.717) is 5.92 Å². The monoisotopic (exact) mass is 226 g/mol. The lowest BCUT2D eigenvalue weighted by Gasteiger charge is -2.24. The summed E-state index contributed by atoms with van der Waals surface area (Å²) in [5.41, 5.74) is 2.96. The zero-order valence-corrected chi connectivity index (χ0v) is 10.9. The average Bonchev–Trinajstić information content (AvgIpc) is 2.33. The number of rotatable bonds is 3. The molecule has 0 radical (unpaired) electrons. The first-order valence-electron chi connectivity index (χ1n) is 6.63. The van der Waals surface area contributed by atoms with E-state index in [-0.39, 0.29) is 0 Å². The van der Waals surface area contributed by atoms with E-state index in [2.05, 4.69) is 62.4 Å². The zero-order chi connectivity index (χ0) is 12.1. The minimum absolute atomic E-state index is 0.704. The van der Waals surface area contributed by atoms with Gasteiger partial charge in [0.05, 0.1) is 0 Å². The van der Waals surface area contributed by atoms with E-state index in [1.54, 1.807) is 5.57 Å². The smallest absolute Gasteiger partial charge is 0.00973 e. The Labute approximate surface area is 105 Å². The molecule has 0 amide bonds. The molecule has 0 aromatic heterocycles. The third-order valence-electron chi connectivity index (χ3n) is 3.67. The summed E-state index contributed by atoms with van der Waals surface area (Å²) in [5.74, 6) is 1.44. The molecule has 1 aliphatic rings. The van der Waals surface area contributed by atoms with Crippen LogP contribution in [-0.4, -0.2) is 0 Å². The van der Waals surface area contributed by atoms with Crippen molar-refractivity contribution < 1.29 is 0 Å². The molecule has 0 heterocycles. The fourth-order valence-corrected chi connectivity index (χ4v) is 2.58. The van der Waals surface area contributed by atoms with Crippen molar-refractivity contribution in [1.29, 1.82) is 0 Å². The van der Waals surface area contributed by atoms with Gasteiger partial charge in [0, 0.05) is 0 Å². The van der Waals surface area contributed by atoms with E-state index >= 15 is 0 Å². The quantitative estimate of drug-likeness (QED) is 0.651. The molecule has 0 aliphatic heterocycles. The van der Waals surface area contributed by atoms with E-state index in [1.165, 1.54) is 18.4 Å². The summed E-state index contributed by atoms with van der Waals surface area (Å²) < 4.78 is 0. The Morgan fingerprint density at radius 2 is 2.00 bits per heavy atom. The maximum atomic E-state index is 2.43. The molecular weight excluding hydrogens is 204 g/mol. The standard InChI is InChI=1S/C17H22/c1-14-11-12-17(15(2)13-14)10-6-9-16-7-4-3-5-8-16/h3-8,10,13,15,17H,9,11-12H2,1-2H3. The average molecular weight is 226 g/mol. The van der Waals surface area contributed by atoms with Gasteiger partial charge in [-0.05, 0) is 43.6 Å². The topological polar surface area (TPSA) is 0 Å². The first-order valence-corrected chi connectivity index (χ1v) is 6.63. The highest BCUT2D eigenvalue weighted by Crippen LogP contribution is 2.29. The number of benzene rings is 1. The molecule has 0 saturated carbocycles. The minimum atomic E-state index is 0.704. The van der Waals surface area contributed by atoms with Gasteiger partial charge < -0.3 is 0 Å². The van der Waals surface area contributed by atoms with Gasteiger partial charge in [-0.2, -0.15) is 0 Å². The number of allylic oxidation sites excluding steroid dienone is 4. The highest BCUT2D eigenvalue weighted by atomic mass is 14.2. The Balaban J connectivity index is 1.89. The lowest BCUT2D eigenvalue weighted by Crippen LogP contribution is -2.12. The van der Waals surface area contributed by atoms with Crippen LogP contribution in [0.3, 0.4) is 0 Å².